The van der Waals surface area contributed by atoms with Gasteiger partial charge in [0.1, 0.15) is 0 Å². The van der Waals surface area contributed by atoms with Crippen LogP contribution in [0.15, 0.2) is 24.5 Å². The molecule has 1 N–H and O–H groups in total. The van der Waals surface area contributed by atoms with E-state index in [-0.39, 0.29) is 44.6 Å². The molecule has 0 saturated carbocycles. The van der Waals surface area contributed by atoms with E-state index in [0.717, 1.165) is 12.0 Å². The monoisotopic (exact) mass is 161 g/mol. The predicted molar refractivity (Wildman–Crippen MR) is 46.4 cm³/mol. The van der Waals surface area contributed by atoms with Gasteiger partial charge in [0.2, 0.25) is 0 Å². The molecule has 1 rings (SSSR count). The standard InChI is InChI=1S/C7H9NO.BH4.Na/c9-6-3-7-1-4-8-5-2-7;;/h1-2,4-5,9H,3,6H2;1H4;/q;-1;+1. The van der Waals surface area contributed by atoms with Gasteiger partial charge in [0.25, 0.3) is 0 Å². The zero-order valence-electron chi connectivity index (χ0n) is 6.12. The van der Waals surface area contributed by atoms with Crippen molar-refractivity contribution in [2.75, 3.05) is 6.61 Å². The number of aromatic nitrogens is 1. The molecule has 2 nitrogen and oxygen atoms in total. The van der Waals surface area contributed by atoms with Crippen LogP contribution in [0.4, 0.5) is 0 Å². The molecule has 1 aromatic heterocycles. The fourth-order valence-corrected chi connectivity index (χ4v) is 0.679. The van der Waals surface area contributed by atoms with Crippen LogP contribution < -0.4 is 29.6 Å². The summed E-state index contributed by atoms with van der Waals surface area (Å²) >= 11 is 0. The summed E-state index contributed by atoms with van der Waals surface area (Å²) in [7, 11) is 0. The quantitative estimate of drug-likeness (QED) is 0.451. The topological polar surface area (TPSA) is 33.1 Å². The molecular formula is C7H13BNNaO. The van der Waals surface area contributed by atoms with Gasteiger partial charge in [-0.25, -0.2) is 0 Å². The Bertz CT molecular complexity index is 171. The van der Waals surface area contributed by atoms with E-state index in [1.165, 1.54) is 0 Å². The van der Waals surface area contributed by atoms with E-state index in [4.69, 9.17) is 5.11 Å². The Balaban J connectivity index is 0. The third-order valence-corrected chi connectivity index (χ3v) is 1.15. The molecule has 0 spiro atoms. The maximum atomic E-state index is 8.50. The summed E-state index contributed by atoms with van der Waals surface area (Å²) in [4.78, 5) is 3.85. The first kappa shape index (κ1) is 13.7. The van der Waals surface area contributed by atoms with Crippen molar-refractivity contribution in [2.24, 2.45) is 0 Å². The first-order valence-corrected chi connectivity index (χ1v) is 2.93. The second-order valence-electron chi connectivity index (χ2n) is 1.83. The maximum absolute atomic E-state index is 8.50. The van der Waals surface area contributed by atoms with Crippen molar-refractivity contribution in [2.45, 2.75) is 6.42 Å². The van der Waals surface area contributed by atoms with Gasteiger partial charge < -0.3 is 5.11 Å². The van der Waals surface area contributed by atoms with Crippen molar-refractivity contribution < 1.29 is 34.7 Å². The van der Waals surface area contributed by atoms with Gasteiger partial charge in [-0.15, -0.1) is 0 Å². The Kier molecular flexibility index (Phi) is 10.3. The zero-order valence-corrected chi connectivity index (χ0v) is 8.12. The third-order valence-electron chi connectivity index (χ3n) is 1.15. The molecule has 0 fully saturated rings. The Morgan fingerprint density at radius 3 is 2.27 bits per heavy atom. The van der Waals surface area contributed by atoms with Gasteiger partial charge in [-0.05, 0) is 24.1 Å². The summed E-state index contributed by atoms with van der Waals surface area (Å²) in [5, 5.41) is 8.50. The molecule has 0 unspecified atom stereocenters. The van der Waals surface area contributed by atoms with Crippen molar-refractivity contribution in [1.29, 1.82) is 0 Å². The van der Waals surface area contributed by atoms with Crippen LogP contribution in [0.25, 0.3) is 0 Å². The number of aliphatic hydroxyl groups is 1. The maximum Gasteiger partial charge on any atom is 1.00 e. The molecule has 0 aliphatic rings. The summed E-state index contributed by atoms with van der Waals surface area (Å²) in [5.74, 6) is 0. The van der Waals surface area contributed by atoms with Crippen molar-refractivity contribution in [3.8, 4) is 0 Å². The van der Waals surface area contributed by atoms with Crippen LogP contribution in [0.1, 0.15) is 5.56 Å². The summed E-state index contributed by atoms with van der Waals surface area (Å²) in [6.07, 6.45) is 4.18. The first-order chi connectivity index (χ1) is 4.43. The van der Waals surface area contributed by atoms with Gasteiger partial charge in [-0.2, -0.15) is 0 Å². The number of hydrogen-bond acceptors (Lipinski definition) is 2. The van der Waals surface area contributed by atoms with Crippen LogP contribution in [0, 0.1) is 0 Å². The third kappa shape index (κ3) is 5.45. The minimum atomic E-state index is 0. The molecule has 0 aliphatic heterocycles. The zero-order chi connectivity index (χ0) is 6.53. The predicted octanol–water partition coefficient (Wildman–Crippen LogP) is -3.83. The summed E-state index contributed by atoms with van der Waals surface area (Å²) in [5.41, 5.74) is 1.13. The van der Waals surface area contributed by atoms with Gasteiger partial charge in [-0.3, -0.25) is 4.98 Å². The van der Waals surface area contributed by atoms with Crippen LogP contribution in [0.3, 0.4) is 0 Å². The smallest absolute Gasteiger partial charge is 0.396 e. The van der Waals surface area contributed by atoms with E-state index in [9.17, 15) is 0 Å². The molecular weight excluding hydrogens is 148 g/mol. The van der Waals surface area contributed by atoms with Gasteiger partial charge >= 0.3 is 29.6 Å². The molecule has 0 radical (unpaired) electrons. The van der Waals surface area contributed by atoms with E-state index in [1.807, 2.05) is 12.1 Å². The number of nitrogens with zero attached hydrogens (tertiary/aromatic N) is 1. The van der Waals surface area contributed by atoms with Crippen LogP contribution >= 0.6 is 0 Å². The second-order valence-corrected chi connectivity index (χ2v) is 1.83. The molecule has 1 heterocycles. The number of rotatable bonds is 2. The summed E-state index contributed by atoms with van der Waals surface area (Å²) in [6, 6.07) is 3.80. The number of aliphatic hydroxyl groups excluding tert-OH is 1. The van der Waals surface area contributed by atoms with E-state index < -0.39 is 0 Å². The molecule has 56 valence electrons. The molecule has 0 bridgehead atoms. The normalized spacial score (nSPS) is 7.73. The molecule has 4 heteroatoms. The van der Waals surface area contributed by atoms with E-state index in [0.29, 0.717) is 0 Å². The SMILES string of the molecule is OCCc1ccncc1.[BH4-].[Na+]. The molecule has 0 atom stereocenters. The second kappa shape index (κ2) is 8.27. The molecule has 11 heavy (non-hydrogen) atoms. The molecule has 1 aromatic rings. The average Bonchev–Trinajstić information content (AvgIpc) is 1.91. The average molecular weight is 161 g/mol. The molecule has 0 amide bonds. The first-order valence-electron chi connectivity index (χ1n) is 2.93. The minimum Gasteiger partial charge on any atom is -0.396 e. The molecule has 0 saturated heterocycles. The van der Waals surface area contributed by atoms with Crippen LogP contribution in [-0.4, -0.2) is 25.1 Å². The fourth-order valence-electron chi connectivity index (χ4n) is 0.679. The van der Waals surface area contributed by atoms with E-state index in [1.54, 1.807) is 12.4 Å². The number of hydrogen-bond donors (Lipinski definition) is 1. The Hall–Kier alpha value is 0.175. The summed E-state index contributed by atoms with van der Waals surface area (Å²) < 4.78 is 0. The molecule has 0 aliphatic carbocycles. The van der Waals surface area contributed by atoms with Crippen molar-refractivity contribution in [3.63, 3.8) is 0 Å². The fraction of sp³-hybridized carbons (Fsp3) is 0.286. The van der Waals surface area contributed by atoms with E-state index in [2.05, 4.69) is 4.98 Å². The van der Waals surface area contributed by atoms with Gasteiger partial charge in [0, 0.05) is 19.0 Å². The van der Waals surface area contributed by atoms with E-state index >= 15 is 0 Å². The number of pyridine rings is 1. The van der Waals surface area contributed by atoms with Gasteiger partial charge in [0.05, 0.1) is 0 Å². The van der Waals surface area contributed by atoms with Gasteiger partial charge in [0.15, 0.2) is 0 Å². The summed E-state index contributed by atoms with van der Waals surface area (Å²) in [6.45, 7) is 0.212. The minimum absolute atomic E-state index is 0. The molecule has 0 aromatic carbocycles. The van der Waals surface area contributed by atoms with Crippen molar-refractivity contribution in [3.05, 3.63) is 30.1 Å². The Morgan fingerprint density at radius 2 is 1.82 bits per heavy atom. The Labute approximate surface area is 90.9 Å². The Morgan fingerprint density at radius 1 is 1.27 bits per heavy atom. The van der Waals surface area contributed by atoms with Crippen LogP contribution in [0.5, 0.6) is 0 Å². The van der Waals surface area contributed by atoms with Crippen LogP contribution in [0.2, 0.25) is 0 Å². The largest absolute Gasteiger partial charge is 1.00 e. The van der Waals surface area contributed by atoms with Crippen molar-refractivity contribution >= 4 is 8.41 Å². The van der Waals surface area contributed by atoms with Gasteiger partial charge in [-0.1, -0.05) is 8.41 Å². The van der Waals surface area contributed by atoms with Crippen molar-refractivity contribution in [1.82, 2.24) is 4.98 Å². The van der Waals surface area contributed by atoms with Crippen LogP contribution in [-0.2, 0) is 6.42 Å².